The zero-order chi connectivity index (χ0) is 77.6. The van der Waals surface area contributed by atoms with Crippen molar-refractivity contribution in [2.24, 2.45) is 0 Å². The monoisotopic (exact) mass is 1670 g/mol. The molecule has 11 aromatic rings. The van der Waals surface area contributed by atoms with Gasteiger partial charge in [-0.25, -0.2) is 4.98 Å². The van der Waals surface area contributed by atoms with Gasteiger partial charge in [0.05, 0.1) is 50.6 Å². The van der Waals surface area contributed by atoms with Crippen LogP contribution in [-0.4, -0.2) is 91.3 Å². The molecule has 0 aliphatic heterocycles. The Kier molecular flexibility index (Phi) is 44.6. The summed E-state index contributed by atoms with van der Waals surface area (Å²) in [6.07, 6.45) is 21.9. The van der Waals surface area contributed by atoms with Crippen LogP contribution in [0, 0.1) is 0 Å². The number of aryl methyl sites for hydroxylation is 6. The number of benzene rings is 5. The van der Waals surface area contributed by atoms with Crippen molar-refractivity contribution >= 4 is 82.1 Å². The van der Waals surface area contributed by atoms with E-state index in [9.17, 15) is 28.8 Å². The van der Waals surface area contributed by atoms with Crippen LogP contribution in [0.2, 0.25) is 13.3 Å². The summed E-state index contributed by atoms with van der Waals surface area (Å²) in [5, 5.41) is 8.61. The first-order valence-corrected chi connectivity index (χ1v) is 45.6. The molecule has 0 aliphatic carbocycles. The predicted molar refractivity (Wildman–Crippen MR) is 446 cm³/mol. The van der Waals surface area contributed by atoms with Crippen molar-refractivity contribution < 1.29 is 66.8 Å². The van der Waals surface area contributed by atoms with E-state index >= 15 is 0 Å². The number of furan rings is 5. The molecule has 0 bridgehead atoms. The van der Waals surface area contributed by atoms with E-state index in [0.29, 0.717) is 70.5 Å². The Bertz CT molecular complexity index is 4390. The van der Waals surface area contributed by atoms with E-state index in [1.165, 1.54) is 61.7 Å². The molecule has 0 spiro atoms. The van der Waals surface area contributed by atoms with Crippen molar-refractivity contribution in [2.75, 3.05) is 25.6 Å². The van der Waals surface area contributed by atoms with E-state index < -0.39 is 30.3 Å². The number of nitrogens with zero attached hydrogens (tertiary/aromatic N) is 1. The number of ketones is 1. The van der Waals surface area contributed by atoms with Gasteiger partial charge in [-0.1, -0.05) is 108 Å². The first-order chi connectivity index (χ1) is 52.4. The van der Waals surface area contributed by atoms with Gasteiger partial charge in [-0.2, -0.15) is 0 Å². The molecule has 0 saturated heterocycles. The average Bonchev–Trinajstić information content (AvgIpc) is 1.79. The third-order valence-corrected chi connectivity index (χ3v) is 32.7. The maximum Gasteiger partial charge on any atom is 0.313 e. The van der Waals surface area contributed by atoms with Crippen molar-refractivity contribution in [2.45, 2.75) is 171 Å². The van der Waals surface area contributed by atoms with Gasteiger partial charge < -0.3 is 42.7 Å². The molecule has 11 rings (SSSR count). The fourth-order valence-electron chi connectivity index (χ4n) is 11.7. The number of nitrogen functional groups attached to an aromatic ring is 1. The first kappa shape index (κ1) is 92.5. The summed E-state index contributed by atoms with van der Waals surface area (Å²) in [6, 6.07) is 60.6. The molecule has 6 heterocycles. The maximum absolute atomic E-state index is 11.7. The van der Waals surface area contributed by atoms with Crippen LogP contribution in [0.15, 0.2) is 251 Å². The second-order valence-electron chi connectivity index (χ2n) is 25.6. The van der Waals surface area contributed by atoms with Crippen LogP contribution < -0.4 is 15.1 Å². The predicted octanol–water partition coefficient (Wildman–Crippen LogP) is 21.0. The topological polar surface area (TPSA) is 271 Å². The standard InChI is InChI=1S/C17H18O4.C16H15N3O2.C15H16O3.C13H12O3.C11H13BrO2.C4H3O.3C4H9.CH4.B.Sn.H2/c1-2-20-17(19)12-15(18)9-8-13-5-3-6-14(11-13)16-7-4-10-21-16;17-16-18-13(10-15(20)19-16)7-6-11-3-1-4-12(9-11)14-5-2-8-21-14;1-2-17-15(16)9-8-12-5-3-6-13(11-12)14-7-4-10-18-14;14-13(15)7-6-10-3-1-4-11(9-10)12-5-2-8-16-12;1-2-14-11(13)7-6-9-4-3-5-10(12)8-9;1-2-4-5-3-1;3*1-3-4-2;;;;/h3-7,10-11H,2,8-9,12H2,1H3;1-5,8-10H,6-7H2,(H3,17,18,19,20);3-7,10-11H,2,8-9H2,1H3;1-5,8-9H,6-7H2,(H,14,15);3-5,8H,2,6-7H2,1H3;1-3H;3*1,3-4H2,2H3;1H4;;;1H/i;;;;;;;;;;;;1+1. The second kappa shape index (κ2) is 53.0. The Morgan fingerprint density at radius 3 is 1.17 bits per heavy atom. The Labute approximate surface area is 664 Å². The fraction of sp³-hybridized carbons (Fsp3) is 0.337. The Balaban J connectivity index is 0.000000345. The number of aliphatic carboxylic acids is 1. The first-order valence-electron chi connectivity index (χ1n) is 37.3. The number of nitrogens with two attached hydrogens (primary N) is 1. The fourth-order valence-corrected chi connectivity index (χ4v) is 27.4. The number of carbonyl (C=O) groups excluding carboxylic acids is 4. The summed E-state index contributed by atoms with van der Waals surface area (Å²) in [5.74, 6) is 1.83. The zero-order valence-corrected chi connectivity index (χ0v) is 68.1. The van der Waals surface area contributed by atoms with E-state index in [1.807, 2.05) is 184 Å². The van der Waals surface area contributed by atoms with Crippen LogP contribution in [0.3, 0.4) is 0 Å². The molecular formula is C89H110BBrN3O15Sn. The molecule has 6 aromatic heterocycles. The molecule has 110 heavy (non-hydrogen) atoms. The number of aromatic nitrogens is 2. The average molecular weight is 1670 g/mol. The number of H-pyrrole nitrogens is 1. The number of halogens is 1. The minimum Gasteiger partial charge on any atom is -0.481 e. The SMILES string of the molecule is C.CCC[CH2][Sn]([CH2]CCC)([CH2]CCC)[c]1ccco1.CCOC(=O)CC(=O)CCc1cccc(-c2ccco2)c1.CCOC(=O)CCc1cccc(-c2ccco2)c1.CCOC(=O)CCc1cccc(Br)c1.Nc1nc(CCc2cccc(-c3ccco3)c2)cc(=O)[nH]1.O=C(O)CCc1cccc(-c2ccco2)c1.[2HH].[B]. The van der Waals surface area contributed by atoms with Crippen molar-refractivity contribution in [3.63, 3.8) is 0 Å². The third kappa shape index (κ3) is 35.2. The van der Waals surface area contributed by atoms with Gasteiger partial charge >= 0.3 is 141 Å². The molecule has 0 aliphatic rings. The number of hydrogen-bond donors (Lipinski definition) is 3. The van der Waals surface area contributed by atoms with E-state index in [2.05, 4.69) is 64.9 Å². The van der Waals surface area contributed by atoms with Gasteiger partial charge in [-0.15, -0.1) is 0 Å². The van der Waals surface area contributed by atoms with Gasteiger partial charge in [0.1, 0.15) is 35.2 Å². The number of ether oxygens (including phenoxy) is 3. The van der Waals surface area contributed by atoms with E-state index in [-0.39, 0.29) is 59.3 Å². The number of esters is 3. The van der Waals surface area contributed by atoms with Crippen LogP contribution >= 0.6 is 15.9 Å². The van der Waals surface area contributed by atoms with Crippen LogP contribution in [0.5, 0.6) is 0 Å². The number of unbranched alkanes of at least 4 members (excludes halogenated alkanes) is 3. The number of carboxylic acids is 1. The molecule has 0 amide bonds. The maximum atomic E-state index is 11.7. The van der Waals surface area contributed by atoms with E-state index in [0.717, 1.165) is 90.4 Å². The number of hydrogen-bond acceptors (Lipinski definition) is 16. The summed E-state index contributed by atoms with van der Waals surface area (Å²) in [4.78, 5) is 73.6. The second-order valence-corrected chi connectivity index (χ2v) is 39.5. The van der Waals surface area contributed by atoms with Crippen LogP contribution in [-0.2, 0) is 76.7 Å². The zero-order valence-electron chi connectivity index (χ0n) is 63.7. The number of rotatable bonds is 34. The van der Waals surface area contributed by atoms with Crippen LogP contribution in [0.4, 0.5) is 5.95 Å². The molecule has 0 fully saturated rings. The quantitative estimate of drug-likeness (QED) is 0.0146. The summed E-state index contributed by atoms with van der Waals surface area (Å²) < 4.78 is 48.8. The normalized spacial score (nSPS) is 10.4. The van der Waals surface area contributed by atoms with Crippen molar-refractivity contribution in [1.82, 2.24) is 9.97 Å². The van der Waals surface area contributed by atoms with Crippen LogP contribution in [0.25, 0.3) is 45.3 Å². The van der Waals surface area contributed by atoms with Gasteiger partial charge in [0.2, 0.25) is 5.95 Å². The Morgan fingerprint density at radius 1 is 0.455 bits per heavy atom. The van der Waals surface area contributed by atoms with Gasteiger partial charge in [-0.3, -0.25) is 33.8 Å². The summed E-state index contributed by atoms with van der Waals surface area (Å²) in [6.45, 7) is 13.5. The van der Waals surface area contributed by atoms with Crippen molar-refractivity contribution in [3.8, 4) is 45.3 Å². The molecule has 0 unspecified atom stereocenters. The molecule has 5 aromatic carbocycles. The van der Waals surface area contributed by atoms with Gasteiger partial charge in [0.25, 0.3) is 5.56 Å². The molecule has 3 radical (unpaired) electrons. The molecule has 0 saturated carbocycles. The van der Waals surface area contributed by atoms with E-state index in [4.69, 9.17) is 47.1 Å². The number of Topliss-reactive ketones (excluding diaryl/α,β-unsaturated/α-hetero) is 1. The number of nitrogens with one attached hydrogen (secondary N) is 1. The number of carboxylic acid groups (broad SMARTS) is 1. The minimum absolute atomic E-state index is 0. The summed E-state index contributed by atoms with van der Waals surface area (Å²) in [7, 11) is 0. The van der Waals surface area contributed by atoms with E-state index in [1.54, 1.807) is 32.0 Å². The third-order valence-electron chi connectivity index (χ3n) is 17.2. The summed E-state index contributed by atoms with van der Waals surface area (Å²) in [5.41, 5.74) is 15.5. The molecule has 18 nitrogen and oxygen atoms in total. The largest absolute Gasteiger partial charge is 0.481 e. The van der Waals surface area contributed by atoms with Crippen molar-refractivity contribution in [3.05, 3.63) is 268 Å². The molecule has 0 atom stereocenters. The Morgan fingerprint density at radius 2 is 0.818 bits per heavy atom. The molecule has 21 heteroatoms. The molecule has 585 valence electrons. The smallest absolute Gasteiger partial charge is 0.313 e. The summed E-state index contributed by atoms with van der Waals surface area (Å²) >= 11 is 1.18. The van der Waals surface area contributed by atoms with Gasteiger partial charge in [0.15, 0.2) is 0 Å². The number of anilines is 1. The number of carbonyl (C=O) groups is 5. The van der Waals surface area contributed by atoms with Gasteiger partial charge in [0, 0.05) is 68.3 Å². The minimum atomic E-state index is -2.20. The molecule has 4 N–H and O–H groups in total. The van der Waals surface area contributed by atoms with Crippen molar-refractivity contribution in [1.29, 1.82) is 0 Å². The van der Waals surface area contributed by atoms with Crippen LogP contribution in [0.1, 0.15) is 155 Å². The Hall–Kier alpha value is -9.93. The van der Waals surface area contributed by atoms with Gasteiger partial charge in [-0.05, 0) is 172 Å². The molecular weight excluding hydrogens is 1560 g/mol. The number of aromatic amines is 1.